The number of likely N-dealkylation sites (tertiary alicyclic amines) is 1. The maximum absolute atomic E-state index is 13.1. The summed E-state index contributed by atoms with van der Waals surface area (Å²) in [5, 5.41) is 14.8. The molecule has 31 heavy (non-hydrogen) atoms. The topological polar surface area (TPSA) is 168 Å². The number of aliphatic carboxylic acids is 1. The zero-order valence-electron chi connectivity index (χ0n) is 18.4. The zero-order valence-corrected chi connectivity index (χ0v) is 19.3. The first-order chi connectivity index (χ1) is 14.7. The van der Waals surface area contributed by atoms with Gasteiger partial charge in [-0.25, -0.2) is 4.79 Å². The van der Waals surface area contributed by atoms with E-state index < -0.39 is 47.9 Å². The minimum absolute atomic E-state index is 0.131. The van der Waals surface area contributed by atoms with Crippen LogP contribution in [-0.2, 0) is 19.2 Å². The molecule has 1 aliphatic heterocycles. The number of nitrogens with two attached hydrogens (primary N) is 2. The average Bonchev–Trinajstić information content (AvgIpc) is 3.25. The highest BCUT2D eigenvalue weighted by atomic mass is 32.1. The molecule has 1 heterocycles. The third-order valence-corrected chi connectivity index (χ3v) is 6.10. The molecular weight excluding hydrogens is 422 g/mol. The third-order valence-electron chi connectivity index (χ3n) is 5.71. The molecule has 0 spiro atoms. The fraction of sp³-hybridized carbons (Fsp3) is 0.800. The Balaban J connectivity index is 3.00. The Hall–Kier alpha value is -1.85. The number of nitrogens with zero attached hydrogens (tertiary/aromatic N) is 1. The van der Waals surface area contributed by atoms with Gasteiger partial charge in [0.25, 0.3) is 0 Å². The first-order valence-corrected chi connectivity index (χ1v) is 11.5. The van der Waals surface area contributed by atoms with E-state index in [2.05, 4.69) is 23.3 Å². The van der Waals surface area contributed by atoms with E-state index in [0.29, 0.717) is 51.6 Å². The lowest BCUT2D eigenvalue weighted by Crippen LogP contribution is -2.58. The van der Waals surface area contributed by atoms with Crippen LogP contribution >= 0.6 is 12.6 Å². The van der Waals surface area contributed by atoms with Crippen LogP contribution in [-0.4, -0.2) is 76.7 Å². The summed E-state index contributed by atoms with van der Waals surface area (Å²) >= 11 is 4.01. The molecular formula is C20H37N5O5S. The van der Waals surface area contributed by atoms with E-state index in [-0.39, 0.29) is 11.7 Å². The molecule has 0 bridgehead atoms. The summed E-state index contributed by atoms with van der Waals surface area (Å²) in [5.74, 6) is -2.53. The smallest absolute Gasteiger partial charge is 0.326 e. The van der Waals surface area contributed by atoms with Gasteiger partial charge in [-0.1, -0.05) is 20.3 Å². The lowest BCUT2D eigenvalue weighted by molar-refractivity contribution is -0.149. The Labute approximate surface area is 189 Å². The second-order valence-corrected chi connectivity index (χ2v) is 8.40. The van der Waals surface area contributed by atoms with Crippen LogP contribution in [0.4, 0.5) is 0 Å². The largest absolute Gasteiger partial charge is 0.480 e. The molecule has 0 aromatic carbocycles. The molecule has 11 heteroatoms. The summed E-state index contributed by atoms with van der Waals surface area (Å²) < 4.78 is 0. The van der Waals surface area contributed by atoms with E-state index in [4.69, 9.17) is 11.5 Å². The Morgan fingerprint density at radius 1 is 1.19 bits per heavy atom. The summed E-state index contributed by atoms with van der Waals surface area (Å²) in [4.78, 5) is 51.3. The number of carboxylic acids is 1. The molecule has 0 aromatic heterocycles. The first kappa shape index (κ1) is 27.2. The van der Waals surface area contributed by atoms with Crippen molar-refractivity contribution in [2.45, 2.75) is 76.5 Å². The molecule has 10 nitrogen and oxygen atoms in total. The number of rotatable bonds is 13. The first-order valence-electron chi connectivity index (χ1n) is 10.9. The normalized spacial score (nSPS) is 19.9. The summed E-state index contributed by atoms with van der Waals surface area (Å²) in [7, 11) is 0. The predicted molar refractivity (Wildman–Crippen MR) is 120 cm³/mol. The Bertz CT molecular complexity index is 635. The summed E-state index contributed by atoms with van der Waals surface area (Å²) in [6.07, 6.45) is 3.21. The SMILES string of the molecule is CCC(C)C(NC(=O)C(N)CS)C(=O)NC(CCCCN)C(=O)N1CCCC1C(=O)O. The number of carbonyl (C=O) groups is 4. The minimum Gasteiger partial charge on any atom is -0.480 e. The fourth-order valence-electron chi connectivity index (χ4n) is 3.54. The molecule has 0 radical (unpaired) electrons. The Morgan fingerprint density at radius 3 is 2.42 bits per heavy atom. The predicted octanol–water partition coefficient (Wildman–Crippen LogP) is -0.536. The molecule has 5 unspecified atom stereocenters. The molecule has 3 amide bonds. The van der Waals surface area contributed by atoms with Gasteiger partial charge < -0.3 is 32.1 Å². The van der Waals surface area contributed by atoms with Crippen molar-refractivity contribution in [3.05, 3.63) is 0 Å². The van der Waals surface area contributed by atoms with Gasteiger partial charge in [0.2, 0.25) is 17.7 Å². The third kappa shape index (κ3) is 7.97. The van der Waals surface area contributed by atoms with Gasteiger partial charge in [-0.2, -0.15) is 12.6 Å². The molecule has 1 fully saturated rings. The molecule has 1 rings (SSSR count). The number of carbonyl (C=O) groups excluding carboxylic acids is 3. The van der Waals surface area contributed by atoms with E-state index in [1.807, 2.05) is 13.8 Å². The zero-order chi connectivity index (χ0) is 23.6. The minimum atomic E-state index is -1.05. The van der Waals surface area contributed by atoms with Crippen LogP contribution in [0.2, 0.25) is 0 Å². The monoisotopic (exact) mass is 459 g/mol. The Morgan fingerprint density at radius 2 is 1.87 bits per heavy atom. The molecule has 0 saturated carbocycles. The van der Waals surface area contributed by atoms with Gasteiger partial charge in [0.1, 0.15) is 18.1 Å². The number of hydrogen-bond donors (Lipinski definition) is 6. The van der Waals surface area contributed by atoms with Gasteiger partial charge in [0, 0.05) is 12.3 Å². The second-order valence-electron chi connectivity index (χ2n) is 8.03. The lowest BCUT2D eigenvalue weighted by atomic mass is 9.97. The van der Waals surface area contributed by atoms with E-state index in [1.165, 1.54) is 4.90 Å². The Kier molecular flexibility index (Phi) is 11.9. The van der Waals surface area contributed by atoms with Crippen LogP contribution < -0.4 is 22.1 Å². The fourth-order valence-corrected chi connectivity index (χ4v) is 3.71. The molecule has 0 aliphatic carbocycles. The van der Waals surface area contributed by atoms with Crippen molar-refractivity contribution in [3.8, 4) is 0 Å². The number of amides is 3. The van der Waals surface area contributed by atoms with Gasteiger partial charge in [-0.05, 0) is 44.6 Å². The standard InChI is InChI=1S/C20H37N5O5S/c1-3-12(2)16(24-17(26)13(22)11-31)18(27)23-14(7-4-5-9-21)19(28)25-10-6-8-15(25)20(29)30/h12-16,31H,3-11,21-22H2,1-2H3,(H,23,27)(H,24,26)(H,29,30). The summed E-state index contributed by atoms with van der Waals surface area (Å²) in [6, 6.07) is -3.51. The lowest BCUT2D eigenvalue weighted by Gasteiger charge is -2.30. The number of carboxylic acid groups (broad SMARTS) is 1. The van der Waals surface area contributed by atoms with Crippen molar-refractivity contribution in [2.24, 2.45) is 17.4 Å². The highest BCUT2D eigenvalue weighted by Gasteiger charge is 2.38. The summed E-state index contributed by atoms with van der Waals surface area (Å²) in [6.45, 7) is 4.50. The molecule has 1 saturated heterocycles. The van der Waals surface area contributed by atoms with E-state index in [1.54, 1.807) is 0 Å². The van der Waals surface area contributed by atoms with E-state index in [0.717, 1.165) is 0 Å². The number of nitrogens with one attached hydrogen (secondary N) is 2. The van der Waals surface area contributed by atoms with Crippen molar-refractivity contribution >= 4 is 36.3 Å². The molecule has 178 valence electrons. The van der Waals surface area contributed by atoms with Crippen LogP contribution in [0.5, 0.6) is 0 Å². The van der Waals surface area contributed by atoms with Crippen molar-refractivity contribution in [3.63, 3.8) is 0 Å². The van der Waals surface area contributed by atoms with Gasteiger partial charge >= 0.3 is 5.97 Å². The van der Waals surface area contributed by atoms with E-state index in [9.17, 15) is 24.3 Å². The van der Waals surface area contributed by atoms with Gasteiger partial charge in [0.15, 0.2) is 0 Å². The molecule has 5 atom stereocenters. The van der Waals surface area contributed by atoms with Crippen LogP contribution in [0.25, 0.3) is 0 Å². The highest BCUT2D eigenvalue weighted by molar-refractivity contribution is 7.80. The number of thiol groups is 1. The maximum atomic E-state index is 13.1. The average molecular weight is 460 g/mol. The van der Waals surface area contributed by atoms with Crippen LogP contribution in [0.15, 0.2) is 0 Å². The van der Waals surface area contributed by atoms with E-state index >= 15 is 0 Å². The van der Waals surface area contributed by atoms with Crippen molar-refractivity contribution < 1.29 is 24.3 Å². The van der Waals surface area contributed by atoms with Crippen LogP contribution in [0, 0.1) is 5.92 Å². The highest BCUT2D eigenvalue weighted by Crippen LogP contribution is 2.20. The van der Waals surface area contributed by atoms with Crippen molar-refractivity contribution in [1.29, 1.82) is 0 Å². The van der Waals surface area contributed by atoms with Crippen molar-refractivity contribution in [2.75, 3.05) is 18.8 Å². The number of unbranched alkanes of at least 4 members (excludes halogenated alkanes) is 1. The maximum Gasteiger partial charge on any atom is 0.326 e. The molecule has 0 aromatic rings. The van der Waals surface area contributed by atoms with Crippen molar-refractivity contribution in [1.82, 2.24) is 15.5 Å². The number of hydrogen-bond acceptors (Lipinski definition) is 7. The van der Waals surface area contributed by atoms with Crippen LogP contribution in [0.3, 0.4) is 0 Å². The van der Waals surface area contributed by atoms with Gasteiger partial charge in [-0.3, -0.25) is 14.4 Å². The quantitative estimate of drug-likeness (QED) is 0.159. The van der Waals surface area contributed by atoms with Gasteiger partial charge in [-0.15, -0.1) is 0 Å². The van der Waals surface area contributed by atoms with Crippen LogP contribution in [0.1, 0.15) is 52.4 Å². The van der Waals surface area contributed by atoms with Gasteiger partial charge in [0.05, 0.1) is 6.04 Å². The summed E-state index contributed by atoms with van der Waals surface area (Å²) in [5.41, 5.74) is 11.3. The molecule has 7 N–H and O–H groups in total. The second kappa shape index (κ2) is 13.5. The molecule has 1 aliphatic rings.